The number of ether oxygens (including phenoxy) is 1. The standard InChI is InChI=1S/C26H25N3O5S3/c1-34-16-9-7-15(8-10-16)29-23(31)20-19(17-6-5-13-35-17)22-25(36-21(20)24(29)32)28(26(33)37-22)14-18(30)27-11-3-2-4-12-27/h5-10,13,19-21H,2-4,11-12,14H2,1H3/t19-,20?,21?/m1/s1. The van der Waals surface area contributed by atoms with Crippen molar-refractivity contribution in [3.8, 4) is 5.75 Å². The molecule has 5 heterocycles. The number of imide groups is 1. The fourth-order valence-corrected chi connectivity index (χ4v) is 9.12. The third kappa shape index (κ3) is 4.13. The molecule has 3 aliphatic rings. The number of hydrogen-bond donors (Lipinski definition) is 0. The number of anilines is 1. The van der Waals surface area contributed by atoms with Crippen molar-refractivity contribution in [2.45, 2.75) is 42.0 Å². The maximum absolute atomic E-state index is 13.8. The molecule has 0 radical (unpaired) electrons. The van der Waals surface area contributed by atoms with Crippen molar-refractivity contribution in [1.29, 1.82) is 0 Å². The number of piperidine rings is 1. The lowest BCUT2D eigenvalue weighted by molar-refractivity contribution is -0.133. The Hall–Kier alpha value is -2.89. The number of thiophene rings is 1. The van der Waals surface area contributed by atoms with Crippen LogP contribution in [0.2, 0.25) is 0 Å². The van der Waals surface area contributed by atoms with Gasteiger partial charge in [-0.15, -0.1) is 11.3 Å². The van der Waals surface area contributed by atoms with Crippen molar-refractivity contribution < 1.29 is 19.1 Å². The Bertz CT molecular complexity index is 1410. The van der Waals surface area contributed by atoms with E-state index in [-0.39, 0.29) is 29.1 Å². The first kappa shape index (κ1) is 24.4. The zero-order valence-electron chi connectivity index (χ0n) is 20.1. The summed E-state index contributed by atoms with van der Waals surface area (Å²) < 4.78 is 6.74. The van der Waals surface area contributed by atoms with Gasteiger partial charge in [0.2, 0.25) is 17.7 Å². The number of fused-ring (bicyclic) bond motifs is 2. The Morgan fingerprint density at radius 2 is 1.78 bits per heavy atom. The fraction of sp³-hybridized carbons (Fsp3) is 0.385. The van der Waals surface area contributed by atoms with Gasteiger partial charge >= 0.3 is 4.87 Å². The van der Waals surface area contributed by atoms with Crippen LogP contribution in [0.4, 0.5) is 5.69 Å². The number of nitrogens with zero attached hydrogens (tertiary/aromatic N) is 3. The second kappa shape index (κ2) is 9.77. The summed E-state index contributed by atoms with van der Waals surface area (Å²) >= 11 is 3.85. The van der Waals surface area contributed by atoms with Crippen LogP contribution in [0.1, 0.15) is 34.9 Å². The van der Waals surface area contributed by atoms with E-state index in [4.69, 9.17) is 4.74 Å². The van der Waals surface area contributed by atoms with Crippen LogP contribution in [0.3, 0.4) is 0 Å². The van der Waals surface area contributed by atoms with Gasteiger partial charge in [-0.05, 0) is 55.0 Å². The van der Waals surface area contributed by atoms with Crippen molar-refractivity contribution in [1.82, 2.24) is 9.47 Å². The van der Waals surface area contributed by atoms with E-state index < -0.39 is 17.1 Å². The van der Waals surface area contributed by atoms with Gasteiger partial charge in [0.1, 0.15) is 17.5 Å². The summed E-state index contributed by atoms with van der Waals surface area (Å²) in [7, 11) is 1.56. The topological polar surface area (TPSA) is 88.9 Å². The van der Waals surface area contributed by atoms with Crippen molar-refractivity contribution in [3.05, 3.63) is 61.2 Å². The van der Waals surface area contributed by atoms with Gasteiger partial charge in [0, 0.05) is 28.8 Å². The number of carbonyl (C=O) groups is 3. The number of carbonyl (C=O) groups excluding carboxylic acids is 3. The molecule has 0 spiro atoms. The first-order valence-corrected chi connectivity index (χ1v) is 14.8. The molecule has 1 aromatic carbocycles. The van der Waals surface area contributed by atoms with Gasteiger partial charge in [-0.3, -0.25) is 23.7 Å². The van der Waals surface area contributed by atoms with E-state index >= 15 is 0 Å². The third-order valence-corrected chi connectivity index (χ3v) is 10.8. The predicted octanol–water partition coefficient (Wildman–Crippen LogP) is 3.79. The lowest BCUT2D eigenvalue weighted by atomic mass is 9.87. The molecule has 3 aromatic rings. The van der Waals surface area contributed by atoms with Gasteiger partial charge in [-0.25, -0.2) is 4.90 Å². The Morgan fingerprint density at radius 1 is 1.03 bits per heavy atom. The number of amides is 3. The molecule has 8 nitrogen and oxygen atoms in total. The number of thiazole rings is 1. The first-order chi connectivity index (χ1) is 18.0. The van der Waals surface area contributed by atoms with E-state index in [0.29, 0.717) is 29.6 Å². The maximum atomic E-state index is 13.8. The number of methoxy groups -OCH3 is 1. The lowest BCUT2D eigenvalue weighted by Crippen LogP contribution is -2.39. The minimum Gasteiger partial charge on any atom is -0.497 e. The van der Waals surface area contributed by atoms with Gasteiger partial charge < -0.3 is 9.64 Å². The molecule has 192 valence electrons. The summed E-state index contributed by atoms with van der Waals surface area (Å²) in [5.74, 6) is -1.05. The number of aromatic nitrogens is 1. The van der Waals surface area contributed by atoms with Crippen LogP contribution in [0.25, 0.3) is 0 Å². The van der Waals surface area contributed by atoms with E-state index in [2.05, 4.69) is 0 Å². The Morgan fingerprint density at radius 3 is 2.46 bits per heavy atom. The van der Waals surface area contributed by atoms with E-state index in [1.165, 1.54) is 32.6 Å². The molecule has 2 saturated heterocycles. The Kier molecular flexibility index (Phi) is 6.46. The number of likely N-dealkylation sites (tertiary alicyclic amines) is 1. The summed E-state index contributed by atoms with van der Waals surface area (Å²) in [5.41, 5.74) is 0.497. The average Bonchev–Trinajstić information content (AvgIpc) is 3.62. The summed E-state index contributed by atoms with van der Waals surface area (Å²) in [4.78, 5) is 58.3. The molecule has 0 aliphatic carbocycles. The van der Waals surface area contributed by atoms with Crippen LogP contribution >= 0.6 is 34.4 Å². The molecule has 0 bridgehead atoms. The lowest BCUT2D eigenvalue weighted by Gasteiger charge is -2.30. The van der Waals surface area contributed by atoms with Crippen molar-refractivity contribution in [2.75, 3.05) is 25.1 Å². The second-order valence-corrected chi connectivity index (χ2v) is 12.4. The van der Waals surface area contributed by atoms with Crippen LogP contribution < -0.4 is 14.5 Å². The molecule has 11 heteroatoms. The molecule has 3 amide bonds. The van der Waals surface area contributed by atoms with E-state index in [1.54, 1.807) is 31.4 Å². The first-order valence-electron chi connectivity index (χ1n) is 12.2. The Labute approximate surface area is 225 Å². The maximum Gasteiger partial charge on any atom is 0.308 e. The molecule has 2 fully saturated rings. The molecule has 2 unspecified atom stereocenters. The summed E-state index contributed by atoms with van der Waals surface area (Å²) in [6, 6.07) is 10.7. The normalized spacial score (nSPS) is 23.2. The molecule has 3 atom stereocenters. The molecular formula is C26H25N3O5S3. The SMILES string of the molecule is COc1ccc(N2C(=O)C3Sc4c(sc(=O)n4CC(=O)N4CCCCC4)[C@H](c4cccs4)C3C2=O)cc1. The molecule has 0 saturated carbocycles. The molecule has 37 heavy (non-hydrogen) atoms. The minimum absolute atomic E-state index is 0.0451. The van der Waals surface area contributed by atoms with Crippen LogP contribution in [-0.2, 0) is 20.9 Å². The summed E-state index contributed by atoms with van der Waals surface area (Å²) in [5, 5.41) is 1.89. The summed E-state index contributed by atoms with van der Waals surface area (Å²) in [6.45, 7) is 1.37. The monoisotopic (exact) mass is 555 g/mol. The van der Waals surface area contributed by atoms with E-state index in [0.717, 1.165) is 40.4 Å². The largest absolute Gasteiger partial charge is 0.497 e. The highest BCUT2D eigenvalue weighted by Crippen LogP contribution is 2.54. The van der Waals surface area contributed by atoms with Crippen molar-refractivity contribution in [3.63, 3.8) is 0 Å². The molecule has 0 N–H and O–H groups in total. The van der Waals surface area contributed by atoms with Crippen molar-refractivity contribution in [2.24, 2.45) is 5.92 Å². The zero-order chi connectivity index (χ0) is 25.7. The fourth-order valence-electron chi connectivity index (χ4n) is 5.39. The van der Waals surface area contributed by atoms with Gasteiger partial charge in [-0.2, -0.15) is 0 Å². The van der Waals surface area contributed by atoms with Crippen LogP contribution in [0.15, 0.2) is 51.6 Å². The highest BCUT2D eigenvalue weighted by molar-refractivity contribution is 8.00. The summed E-state index contributed by atoms with van der Waals surface area (Å²) in [6.07, 6.45) is 3.05. The predicted molar refractivity (Wildman–Crippen MR) is 144 cm³/mol. The van der Waals surface area contributed by atoms with E-state index in [1.807, 2.05) is 22.4 Å². The number of hydrogen-bond acceptors (Lipinski definition) is 8. The van der Waals surface area contributed by atoms with Crippen molar-refractivity contribution >= 4 is 57.8 Å². The van der Waals surface area contributed by atoms with Crippen LogP contribution in [0.5, 0.6) is 5.75 Å². The van der Waals surface area contributed by atoms with Crippen LogP contribution in [0, 0.1) is 5.92 Å². The molecule has 3 aliphatic heterocycles. The number of thioether (sulfide) groups is 1. The molecule has 6 rings (SSSR count). The highest BCUT2D eigenvalue weighted by Gasteiger charge is 2.57. The number of benzene rings is 1. The molecule has 2 aromatic heterocycles. The van der Waals surface area contributed by atoms with Gasteiger partial charge in [0.15, 0.2) is 0 Å². The van der Waals surface area contributed by atoms with Crippen LogP contribution in [-0.4, -0.2) is 52.6 Å². The van der Waals surface area contributed by atoms with E-state index in [9.17, 15) is 19.2 Å². The quantitative estimate of drug-likeness (QED) is 0.445. The minimum atomic E-state index is -0.681. The third-order valence-electron chi connectivity index (χ3n) is 7.23. The average molecular weight is 556 g/mol. The van der Waals surface area contributed by atoms with Gasteiger partial charge in [0.05, 0.1) is 23.7 Å². The second-order valence-electron chi connectivity index (χ2n) is 9.33. The molecular weight excluding hydrogens is 531 g/mol. The van der Waals surface area contributed by atoms with Gasteiger partial charge in [0.25, 0.3) is 0 Å². The smallest absolute Gasteiger partial charge is 0.308 e. The number of rotatable bonds is 5. The van der Waals surface area contributed by atoms with Gasteiger partial charge in [-0.1, -0.05) is 29.2 Å². The Balaban J connectivity index is 1.39. The zero-order valence-corrected chi connectivity index (χ0v) is 22.6. The highest BCUT2D eigenvalue weighted by atomic mass is 32.2.